The molecule has 0 N–H and O–H groups in total. The molecule has 4 heteroatoms. The maximum atomic E-state index is 12.3. The number of fused-ring (bicyclic) bond motifs is 5. The molecule has 25 heavy (non-hydrogen) atoms. The minimum Gasteiger partial charge on any atom is -0.456 e. The first-order valence-electron chi connectivity index (χ1n) is 10.2. The molecular formula is C21H32O4. The Morgan fingerprint density at radius 1 is 1.08 bits per heavy atom. The molecule has 0 aromatic heterocycles. The van der Waals surface area contributed by atoms with E-state index >= 15 is 0 Å². The number of hydrogen-bond acceptors (Lipinski definition) is 4. The third-order valence-corrected chi connectivity index (χ3v) is 8.29. The van der Waals surface area contributed by atoms with Crippen molar-refractivity contribution in [3.63, 3.8) is 0 Å². The van der Waals surface area contributed by atoms with Crippen LogP contribution in [0.2, 0.25) is 0 Å². The van der Waals surface area contributed by atoms with Crippen LogP contribution in [0.4, 0.5) is 0 Å². The van der Waals surface area contributed by atoms with E-state index in [0.29, 0.717) is 23.7 Å². The van der Waals surface area contributed by atoms with Crippen LogP contribution in [0.5, 0.6) is 0 Å². The molecule has 0 unspecified atom stereocenters. The Bertz CT molecular complexity index is 572. The molecule has 1 aliphatic heterocycles. The fraction of sp³-hybridized carbons (Fsp3) is 0.905. The zero-order valence-electron chi connectivity index (χ0n) is 15.9. The highest BCUT2D eigenvalue weighted by molar-refractivity contribution is 5.79. The standard InChI is InChI=1S/C21H32O4/c1-13(22)24-18-12-17-15-8-7-14-6-4-5-10-20(14,2)16(15)9-11-21(17,3)25-19(18)23/h14-18H,4-12H2,1-3H3/t14-,15-,16+,17+,18-,20+,21+/m1/s1. The smallest absolute Gasteiger partial charge is 0.348 e. The van der Waals surface area contributed by atoms with Crippen LogP contribution in [-0.4, -0.2) is 23.6 Å². The molecule has 3 saturated carbocycles. The highest BCUT2D eigenvalue weighted by Crippen LogP contribution is 2.63. The van der Waals surface area contributed by atoms with E-state index in [9.17, 15) is 9.59 Å². The molecule has 4 aliphatic rings. The molecule has 7 atom stereocenters. The molecule has 0 bridgehead atoms. The lowest BCUT2D eigenvalue weighted by molar-refractivity contribution is -0.221. The van der Waals surface area contributed by atoms with E-state index in [0.717, 1.165) is 18.3 Å². The first kappa shape index (κ1) is 17.4. The summed E-state index contributed by atoms with van der Waals surface area (Å²) in [7, 11) is 0. The van der Waals surface area contributed by atoms with Gasteiger partial charge in [-0.05, 0) is 68.6 Å². The van der Waals surface area contributed by atoms with Crippen LogP contribution in [0.25, 0.3) is 0 Å². The molecule has 4 rings (SSSR count). The van der Waals surface area contributed by atoms with Crippen LogP contribution in [-0.2, 0) is 19.1 Å². The fourth-order valence-electron chi connectivity index (χ4n) is 7.05. The SMILES string of the molecule is CC(=O)O[C@@H]1C[C@H]2[C@@H]3CC[C@H]4CCCC[C@]4(C)[C@H]3CC[C@]2(C)OC1=O. The normalized spacial score (nSPS) is 49.2. The van der Waals surface area contributed by atoms with Crippen molar-refractivity contribution in [1.82, 2.24) is 0 Å². The summed E-state index contributed by atoms with van der Waals surface area (Å²) in [4.78, 5) is 23.7. The first-order valence-corrected chi connectivity index (χ1v) is 10.2. The maximum Gasteiger partial charge on any atom is 0.348 e. The van der Waals surface area contributed by atoms with E-state index in [2.05, 4.69) is 13.8 Å². The highest BCUT2D eigenvalue weighted by atomic mass is 16.6. The number of esters is 2. The minimum atomic E-state index is -0.703. The summed E-state index contributed by atoms with van der Waals surface area (Å²) in [6.07, 6.45) is 10.2. The monoisotopic (exact) mass is 348 g/mol. The second-order valence-electron chi connectivity index (χ2n) is 9.51. The lowest BCUT2D eigenvalue weighted by atomic mass is 9.46. The zero-order chi connectivity index (χ0) is 17.8. The van der Waals surface area contributed by atoms with Gasteiger partial charge in [-0.1, -0.05) is 19.8 Å². The lowest BCUT2D eigenvalue weighted by Gasteiger charge is -2.61. The van der Waals surface area contributed by atoms with Gasteiger partial charge in [0.15, 0.2) is 6.10 Å². The van der Waals surface area contributed by atoms with Crippen molar-refractivity contribution in [1.29, 1.82) is 0 Å². The lowest BCUT2D eigenvalue weighted by Crippen LogP contribution is -2.60. The predicted molar refractivity (Wildman–Crippen MR) is 93.7 cm³/mol. The minimum absolute atomic E-state index is 0.327. The summed E-state index contributed by atoms with van der Waals surface area (Å²) in [6, 6.07) is 0. The van der Waals surface area contributed by atoms with Crippen molar-refractivity contribution in [2.45, 2.75) is 90.3 Å². The van der Waals surface area contributed by atoms with Crippen molar-refractivity contribution < 1.29 is 19.1 Å². The van der Waals surface area contributed by atoms with Crippen molar-refractivity contribution >= 4 is 11.9 Å². The van der Waals surface area contributed by atoms with E-state index in [-0.39, 0.29) is 17.5 Å². The second-order valence-corrected chi connectivity index (χ2v) is 9.51. The highest BCUT2D eigenvalue weighted by Gasteiger charge is 2.60. The van der Waals surface area contributed by atoms with Gasteiger partial charge in [-0.3, -0.25) is 4.79 Å². The van der Waals surface area contributed by atoms with Crippen LogP contribution < -0.4 is 0 Å². The number of rotatable bonds is 1. The van der Waals surface area contributed by atoms with Gasteiger partial charge in [0.1, 0.15) is 5.60 Å². The van der Waals surface area contributed by atoms with Crippen LogP contribution in [0.3, 0.4) is 0 Å². The number of carbonyl (C=O) groups excluding carboxylic acids is 2. The third-order valence-electron chi connectivity index (χ3n) is 8.29. The van der Waals surface area contributed by atoms with E-state index in [4.69, 9.17) is 9.47 Å². The van der Waals surface area contributed by atoms with Crippen LogP contribution in [0.15, 0.2) is 0 Å². The van der Waals surface area contributed by atoms with Crippen LogP contribution >= 0.6 is 0 Å². The molecule has 0 radical (unpaired) electrons. The quantitative estimate of drug-likeness (QED) is 0.665. The number of ether oxygens (including phenoxy) is 2. The van der Waals surface area contributed by atoms with Crippen molar-refractivity contribution in [3.8, 4) is 0 Å². The average molecular weight is 348 g/mol. The molecule has 3 aliphatic carbocycles. The maximum absolute atomic E-state index is 12.3. The summed E-state index contributed by atoms with van der Waals surface area (Å²) in [5, 5.41) is 0. The Morgan fingerprint density at radius 3 is 2.64 bits per heavy atom. The topological polar surface area (TPSA) is 52.6 Å². The van der Waals surface area contributed by atoms with Gasteiger partial charge in [-0.25, -0.2) is 4.79 Å². The Morgan fingerprint density at radius 2 is 1.88 bits per heavy atom. The molecule has 4 fully saturated rings. The number of carbonyl (C=O) groups is 2. The van der Waals surface area contributed by atoms with Gasteiger partial charge in [0.05, 0.1) is 0 Å². The Balaban J connectivity index is 1.60. The van der Waals surface area contributed by atoms with Gasteiger partial charge in [0.2, 0.25) is 0 Å². The van der Waals surface area contributed by atoms with Crippen molar-refractivity contribution in [3.05, 3.63) is 0 Å². The molecule has 0 amide bonds. The molecular weight excluding hydrogens is 316 g/mol. The van der Waals surface area contributed by atoms with Gasteiger partial charge in [-0.2, -0.15) is 0 Å². The summed E-state index contributed by atoms with van der Waals surface area (Å²) in [5.74, 6) is 1.81. The summed E-state index contributed by atoms with van der Waals surface area (Å²) >= 11 is 0. The average Bonchev–Trinajstić information content (AvgIpc) is 2.54. The second kappa shape index (κ2) is 5.99. The van der Waals surface area contributed by atoms with Crippen molar-refractivity contribution in [2.75, 3.05) is 0 Å². The zero-order valence-corrected chi connectivity index (χ0v) is 15.9. The Labute approximate surface area is 151 Å². The van der Waals surface area contributed by atoms with E-state index in [1.54, 1.807) is 0 Å². The first-order chi connectivity index (χ1) is 11.8. The van der Waals surface area contributed by atoms with E-state index in [1.807, 2.05) is 0 Å². The molecule has 4 nitrogen and oxygen atoms in total. The van der Waals surface area contributed by atoms with Crippen LogP contribution in [0, 0.1) is 29.1 Å². The van der Waals surface area contributed by atoms with Gasteiger partial charge in [0.25, 0.3) is 0 Å². The Kier molecular flexibility index (Phi) is 4.16. The molecule has 1 saturated heterocycles. The van der Waals surface area contributed by atoms with Crippen molar-refractivity contribution in [2.24, 2.45) is 29.1 Å². The molecule has 0 aromatic carbocycles. The predicted octanol–water partition coefficient (Wildman–Crippen LogP) is 4.26. The van der Waals surface area contributed by atoms with E-state index < -0.39 is 6.10 Å². The summed E-state index contributed by atoms with van der Waals surface area (Å²) in [5.41, 5.74) is 0.0909. The van der Waals surface area contributed by atoms with Crippen LogP contribution in [0.1, 0.15) is 78.6 Å². The van der Waals surface area contributed by atoms with Gasteiger partial charge in [-0.15, -0.1) is 0 Å². The molecule has 0 aromatic rings. The molecule has 0 spiro atoms. The summed E-state index contributed by atoms with van der Waals surface area (Å²) < 4.78 is 11.2. The fourth-order valence-corrected chi connectivity index (χ4v) is 7.05. The Hall–Kier alpha value is -1.06. The summed E-state index contributed by atoms with van der Waals surface area (Å²) in [6.45, 7) is 6.03. The van der Waals surface area contributed by atoms with E-state index in [1.165, 1.54) is 51.9 Å². The largest absolute Gasteiger partial charge is 0.456 e. The number of hydrogen-bond donors (Lipinski definition) is 0. The molecule has 140 valence electrons. The van der Waals surface area contributed by atoms with Gasteiger partial charge < -0.3 is 9.47 Å². The van der Waals surface area contributed by atoms with Gasteiger partial charge in [0, 0.05) is 19.3 Å². The third kappa shape index (κ3) is 2.71. The molecule has 1 heterocycles. The van der Waals surface area contributed by atoms with Gasteiger partial charge >= 0.3 is 11.9 Å².